The number of aryl methyl sites for hydroxylation is 1. The minimum Gasteiger partial charge on any atom is -0.457 e. The summed E-state index contributed by atoms with van der Waals surface area (Å²) in [5, 5.41) is 2.78. The molecule has 0 atom stereocenters. The molecule has 3 rings (SSSR count). The first kappa shape index (κ1) is 21.4. The molecule has 6 nitrogen and oxygen atoms in total. The van der Waals surface area contributed by atoms with E-state index in [4.69, 9.17) is 4.74 Å². The summed E-state index contributed by atoms with van der Waals surface area (Å²) in [6.45, 7) is 4.26. The first-order valence-electron chi connectivity index (χ1n) is 9.63. The fraction of sp³-hybridized carbons (Fsp3) is 0.174. The Morgan fingerprint density at radius 2 is 1.60 bits per heavy atom. The van der Waals surface area contributed by atoms with Crippen LogP contribution >= 0.6 is 0 Å². The van der Waals surface area contributed by atoms with E-state index in [1.54, 1.807) is 37.3 Å². The van der Waals surface area contributed by atoms with E-state index < -0.39 is 10.0 Å². The average molecular weight is 425 g/mol. The highest BCUT2D eigenvalue weighted by molar-refractivity contribution is 7.92. The second-order valence-corrected chi connectivity index (χ2v) is 8.46. The Labute approximate surface area is 177 Å². The van der Waals surface area contributed by atoms with Gasteiger partial charge in [-0.3, -0.25) is 9.52 Å². The zero-order valence-corrected chi connectivity index (χ0v) is 17.7. The third-order valence-corrected chi connectivity index (χ3v) is 5.76. The molecular weight excluding hydrogens is 400 g/mol. The Hall–Kier alpha value is -3.32. The molecule has 1 amide bonds. The molecule has 0 aliphatic carbocycles. The van der Waals surface area contributed by atoms with Crippen LogP contribution in [0.15, 0.2) is 77.7 Å². The van der Waals surface area contributed by atoms with Crippen molar-refractivity contribution < 1.29 is 17.9 Å². The monoisotopic (exact) mass is 424 g/mol. The van der Waals surface area contributed by atoms with E-state index in [9.17, 15) is 13.2 Å². The van der Waals surface area contributed by atoms with Crippen molar-refractivity contribution >= 4 is 21.6 Å². The number of ether oxygens (including phenoxy) is 1. The smallest absolute Gasteiger partial charge is 0.261 e. The Bertz CT molecular complexity index is 1110. The van der Waals surface area contributed by atoms with E-state index >= 15 is 0 Å². The van der Waals surface area contributed by atoms with Crippen LogP contribution in [0.25, 0.3) is 0 Å². The molecule has 0 saturated heterocycles. The number of nitrogens with one attached hydrogen (secondary N) is 2. The number of benzene rings is 3. The Morgan fingerprint density at radius 1 is 0.933 bits per heavy atom. The fourth-order valence-electron chi connectivity index (χ4n) is 2.78. The molecular formula is C23H24N2O4S. The molecule has 3 aromatic carbocycles. The fourth-order valence-corrected chi connectivity index (χ4v) is 3.86. The average Bonchev–Trinajstić information content (AvgIpc) is 2.74. The highest BCUT2D eigenvalue weighted by Gasteiger charge is 2.18. The molecule has 156 valence electrons. The summed E-state index contributed by atoms with van der Waals surface area (Å²) in [6, 6.07) is 20.4. The molecule has 0 fully saturated rings. The van der Waals surface area contributed by atoms with Crippen LogP contribution in [-0.4, -0.2) is 20.9 Å². The zero-order chi connectivity index (χ0) is 21.6. The normalized spacial score (nSPS) is 11.0. The van der Waals surface area contributed by atoms with Crippen LogP contribution in [0.4, 0.5) is 5.69 Å². The lowest BCUT2D eigenvalue weighted by Crippen LogP contribution is -2.25. The van der Waals surface area contributed by atoms with E-state index in [1.807, 2.05) is 37.3 Å². The van der Waals surface area contributed by atoms with Crippen molar-refractivity contribution in [3.05, 3.63) is 83.9 Å². The number of amides is 1. The van der Waals surface area contributed by atoms with Crippen molar-refractivity contribution in [1.82, 2.24) is 5.32 Å². The second kappa shape index (κ2) is 9.45. The lowest BCUT2D eigenvalue weighted by molar-refractivity contribution is 0.0953. The molecule has 0 radical (unpaired) electrons. The maximum absolute atomic E-state index is 12.8. The van der Waals surface area contributed by atoms with Crippen LogP contribution in [0.3, 0.4) is 0 Å². The minimum atomic E-state index is -3.85. The minimum absolute atomic E-state index is 0.0272. The molecule has 0 saturated carbocycles. The molecule has 0 aliphatic rings. The van der Waals surface area contributed by atoms with Gasteiger partial charge in [-0.2, -0.15) is 0 Å². The van der Waals surface area contributed by atoms with Crippen molar-refractivity contribution in [3.63, 3.8) is 0 Å². The summed E-state index contributed by atoms with van der Waals surface area (Å²) in [6.07, 6.45) is 0.800. The third kappa shape index (κ3) is 5.39. The van der Waals surface area contributed by atoms with Crippen LogP contribution in [0.5, 0.6) is 11.5 Å². The molecule has 3 aromatic rings. The van der Waals surface area contributed by atoms with Gasteiger partial charge in [-0.05, 0) is 67.4 Å². The predicted octanol–water partition coefficient (Wildman–Crippen LogP) is 4.73. The van der Waals surface area contributed by atoms with Gasteiger partial charge in [-0.15, -0.1) is 0 Å². The lowest BCUT2D eigenvalue weighted by Gasteiger charge is -2.12. The van der Waals surface area contributed by atoms with E-state index in [2.05, 4.69) is 10.0 Å². The first-order chi connectivity index (χ1) is 14.4. The van der Waals surface area contributed by atoms with Crippen LogP contribution in [0.1, 0.15) is 29.3 Å². The molecule has 0 unspecified atom stereocenters. The largest absolute Gasteiger partial charge is 0.457 e. The molecule has 0 spiro atoms. The van der Waals surface area contributed by atoms with Gasteiger partial charge in [0.15, 0.2) is 0 Å². The van der Waals surface area contributed by atoms with E-state index in [0.717, 1.165) is 6.42 Å². The number of anilines is 1. The van der Waals surface area contributed by atoms with E-state index in [0.29, 0.717) is 34.9 Å². The summed E-state index contributed by atoms with van der Waals surface area (Å²) in [5.74, 6) is 1.00. The lowest BCUT2D eigenvalue weighted by atomic mass is 10.1. The molecule has 0 aromatic heterocycles. The van der Waals surface area contributed by atoms with Gasteiger partial charge in [0.1, 0.15) is 11.5 Å². The maximum atomic E-state index is 12.8. The first-order valence-corrected chi connectivity index (χ1v) is 11.1. The molecule has 2 N–H and O–H groups in total. The van der Waals surface area contributed by atoms with Gasteiger partial charge >= 0.3 is 0 Å². The number of sulfonamides is 1. The quantitative estimate of drug-likeness (QED) is 0.548. The van der Waals surface area contributed by atoms with Crippen LogP contribution in [-0.2, 0) is 10.0 Å². The summed E-state index contributed by atoms with van der Waals surface area (Å²) >= 11 is 0. The van der Waals surface area contributed by atoms with Gasteiger partial charge in [0.2, 0.25) is 0 Å². The van der Waals surface area contributed by atoms with Crippen LogP contribution in [0, 0.1) is 6.92 Å². The van der Waals surface area contributed by atoms with Crippen molar-refractivity contribution in [2.75, 3.05) is 11.3 Å². The standard InChI is InChI=1S/C23H24N2O4S/c1-3-15-24-23(26)22-16-21(14-9-17(22)2)30(27,28)25-18-10-12-20(13-11-18)29-19-7-5-4-6-8-19/h4-14,16,25H,3,15H2,1-2H3,(H,24,26). The molecule has 0 heterocycles. The summed E-state index contributed by atoms with van der Waals surface area (Å²) in [4.78, 5) is 12.3. The highest BCUT2D eigenvalue weighted by atomic mass is 32.2. The SMILES string of the molecule is CCCNC(=O)c1cc(S(=O)(=O)Nc2ccc(Oc3ccccc3)cc2)ccc1C. The summed E-state index contributed by atoms with van der Waals surface area (Å²) in [5.41, 5.74) is 1.45. The van der Waals surface area contributed by atoms with Crippen molar-refractivity contribution in [2.45, 2.75) is 25.2 Å². The number of hydrogen-bond donors (Lipinski definition) is 2. The predicted molar refractivity (Wildman–Crippen MR) is 118 cm³/mol. The summed E-state index contributed by atoms with van der Waals surface area (Å²) < 4.78 is 33.9. The molecule has 7 heteroatoms. The topological polar surface area (TPSA) is 84.5 Å². The maximum Gasteiger partial charge on any atom is 0.261 e. The highest BCUT2D eigenvalue weighted by Crippen LogP contribution is 2.24. The Morgan fingerprint density at radius 3 is 2.27 bits per heavy atom. The number of rotatable bonds is 8. The van der Waals surface area contributed by atoms with E-state index in [-0.39, 0.29) is 10.8 Å². The second-order valence-electron chi connectivity index (χ2n) is 6.78. The van der Waals surface area contributed by atoms with Crippen LogP contribution < -0.4 is 14.8 Å². The zero-order valence-electron chi connectivity index (χ0n) is 16.9. The molecule has 0 aliphatic heterocycles. The van der Waals surface area contributed by atoms with Gasteiger partial charge in [-0.25, -0.2) is 8.42 Å². The summed E-state index contributed by atoms with van der Waals surface area (Å²) in [7, 11) is -3.85. The number of para-hydroxylation sites is 1. The van der Waals surface area contributed by atoms with Crippen molar-refractivity contribution in [1.29, 1.82) is 0 Å². The number of carbonyl (C=O) groups is 1. The van der Waals surface area contributed by atoms with Crippen molar-refractivity contribution in [2.24, 2.45) is 0 Å². The van der Waals surface area contributed by atoms with Gasteiger partial charge < -0.3 is 10.1 Å². The third-order valence-electron chi connectivity index (χ3n) is 4.38. The number of hydrogen-bond acceptors (Lipinski definition) is 4. The van der Waals surface area contributed by atoms with Crippen LogP contribution in [0.2, 0.25) is 0 Å². The van der Waals surface area contributed by atoms with Crippen molar-refractivity contribution in [3.8, 4) is 11.5 Å². The molecule has 30 heavy (non-hydrogen) atoms. The van der Waals surface area contributed by atoms with Gasteiger partial charge in [-0.1, -0.05) is 31.2 Å². The Kier molecular flexibility index (Phi) is 6.74. The van der Waals surface area contributed by atoms with Gasteiger partial charge in [0, 0.05) is 17.8 Å². The molecule has 0 bridgehead atoms. The number of carbonyl (C=O) groups excluding carboxylic acids is 1. The Balaban J connectivity index is 1.75. The van der Waals surface area contributed by atoms with E-state index in [1.165, 1.54) is 12.1 Å². The van der Waals surface area contributed by atoms with Gasteiger partial charge in [0.05, 0.1) is 4.90 Å². The van der Waals surface area contributed by atoms with Gasteiger partial charge in [0.25, 0.3) is 15.9 Å².